The molecule has 0 saturated carbocycles. The van der Waals surface area contributed by atoms with Gasteiger partial charge in [-0.3, -0.25) is 4.79 Å². The van der Waals surface area contributed by atoms with Crippen LogP contribution < -0.4 is 10.2 Å². The lowest BCUT2D eigenvalue weighted by Crippen LogP contribution is -2.33. The van der Waals surface area contributed by atoms with Gasteiger partial charge in [-0.1, -0.05) is 42.3 Å². The summed E-state index contributed by atoms with van der Waals surface area (Å²) in [6, 6.07) is 8.21. The van der Waals surface area contributed by atoms with Crippen LogP contribution in [0.5, 0.6) is 0 Å². The van der Waals surface area contributed by atoms with Crippen molar-refractivity contribution in [2.45, 2.75) is 32.5 Å². The number of alkyl halides is 3. The van der Waals surface area contributed by atoms with E-state index >= 15 is 0 Å². The number of carbonyl (C=O) groups excluding carboxylic acids is 1. The Morgan fingerprint density at radius 3 is 2.60 bits per heavy atom. The van der Waals surface area contributed by atoms with Gasteiger partial charge in [0.25, 0.3) is 0 Å². The van der Waals surface area contributed by atoms with Crippen molar-refractivity contribution in [2.75, 3.05) is 31.7 Å². The summed E-state index contributed by atoms with van der Waals surface area (Å²) in [6.45, 7) is 3.03. The Balaban J connectivity index is 1.77. The Kier molecular flexibility index (Phi) is 9.15. The van der Waals surface area contributed by atoms with Gasteiger partial charge in [0.2, 0.25) is 5.91 Å². The SMILES string of the molecule is CCc1nc(N(CCOC)CCC(=O)NCc2cccc(C(F)(F)F)c2)c2cc(Cl)cc(Cl)c2n1. The lowest BCUT2D eigenvalue weighted by Gasteiger charge is -2.25. The molecule has 1 aromatic heterocycles. The van der Waals surface area contributed by atoms with E-state index in [9.17, 15) is 18.0 Å². The number of amides is 1. The van der Waals surface area contributed by atoms with Crippen LogP contribution in [0.15, 0.2) is 36.4 Å². The van der Waals surface area contributed by atoms with Crippen LogP contribution in [0.2, 0.25) is 10.0 Å². The average Bonchev–Trinajstić information content (AvgIpc) is 2.82. The van der Waals surface area contributed by atoms with Gasteiger partial charge in [0.1, 0.15) is 11.6 Å². The molecule has 1 amide bonds. The first-order valence-electron chi connectivity index (χ1n) is 10.9. The molecular formula is C24H25Cl2F3N4O2. The van der Waals surface area contributed by atoms with Crippen molar-refractivity contribution in [1.82, 2.24) is 15.3 Å². The molecule has 0 radical (unpaired) electrons. The van der Waals surface area contributed by atoms with Gasteiger partial charge in [-0.2, -0.15) is 13.2 Å². The van der Waals surface area contributed by atoms with Crippen molar-refractivity contribution in [3.8, 4) is 0 Å². The summed E-state index contributed by atoms with van der Waals surface area (Å²) in [5, 5.41) is 4.16. The van der Waals surface area contributed by atoms with E-state index in [2.05, 4.69) is 15.3 Å². The first kappa shape index (κ1) is 27.0. The van der Waals surface area contributed by atoms with E-state index in [-0.39, 0.29) is 25.4 Å². The fraction of sp³-hybridized carbons (Fsp3) is 0.375. The Morgan fingerprint density at radius 1 is 1.14 bits per heavy atom. The van der Waals surface area contributed by atoms with Gasteiger partial charge < -0.3 is 15.0 Å². The van der Waals surface area contributed by atoms with Crippen molar-refractivity contribution in [3.63, 3.8) is 0 Å². The van der Waals surface area contributed by atoms with E-state index in [1.807, 2.05) is 11.8 Å². The molecule has 35 heavy (non-hydrogen) atoms. The van der Waals surface area contributed by atoms with Crippen molar-refractivity contribution in [3.05, 3.63) is 63.4 Å². The molecule has 0 atom stereocenters. The summed E-state index contributed by atoms with van der Waals surface area (Å²) in [4.78, 5) is 23.6. The number of aromatic nitrogens is 2. The molecule has 0 bridgehead atoms. The number of nitrogens with one attached hydrogen (secondary N) is 1. The Morgan fingerprint density at radius 2 is 1.91 bits per heavy atom. The zero-order valence-electron chi connectivity index (χ0n) is 19.3. The predicted octanol–water partition coefficient (Wildman–Crippen LogP) is 5.68. The van der Waals surface area contributed by atoms with Crippen molar-refractivity contribution in [1.29, 1.82) is 0 Å². The van der Waals surface area contributed by atoms with Crippen LogP contribution >= 0.6 is 23.2 Å². The zero-order valence-corrected chi connectivity index (χ0v) is 20.8. The van der Waals surface area contributed by atoms with E-state index in [0.717, 1.165) is 12.1 Å². The Hall–Kier alpha value is -2.62. The van der Waals surface area contributed by atoms with Crippen molar-refractivity contribution < 1.29 is 22.7 Å². The number of halogens is 5. The monoisotopic (exact) mass is 528 g/mol. The summed E-state index contributed by atoms with van der Waals surface area (Å²) in [7, 11) is 1.57. The fourth-order valence-corrected chi connectivity index (χ4v) is 4.03. The van der Waals surface area contributed by atoms with E-state index in [4.69, 9.17) is 27.9 Å². The number of fused-ring (bicyclic) bond motifs is 1. The second-order valence-corrected chi connectivity index (χ2v) is 8.65. The number of methoxy groups -OCH3 is 1. The molecule has 6 nitrogen and oxygen atoms in total. The summed E-state index contributed by atoms with van der Waals surface area (Å²) in [5.41, 5.74) is 0.173. The van der Waals surface area contributed by atoms with Gasteiger partial charge in [-0.05, 0) is 29.8 Å². The molecule has 188 valence electrons. The maximum Gasteiger partial charge on any atom is 0.416 e. The van der Waals surface area contributed by atoms with Gasteiger partial charge >= 0.3 is 6.18 Å². The minimum Gasteiger partial charge on any atom is -0.383 e. The van der Waals surface area contributed by atoms with E-state index in [1.165, 1.54) is 12.1 Å². The lowest BCUT2D eigenvalue weighted by atomic mass is 10.1. The molecule has 0 aliphatic carbocycles. The van der Waals surface area contributed by atoms with Gasteiger partial charge in [-0.15, -0.1) is 0 Å². The molecular weight excluding hydrogens is 504 g/mol. The third kappa shape index (κ3) is 7.19. The Labute approximate surface area is 211 Å². The molecule has 0 aliphatic heterocycles. The molecule has 0 saturated heterocycles. The third-order valence-electron chi connectivity index (χ3n) is 5.28. The van der Waals surface area contributed by atoms with E-state index in [0.29, 0.717) is 57.7 Å². The topological polar surface area (TPSA) is 67.4 Å². The van der Waals surface area contributed by atoms with Gasteiger partial charge in [0.05, 0.1) is 22.7 Å². The molecule has 0 unspecified atom stereocenters. The number of aryl methyl sites for hydroxylation is 1. The van der Waals surface area contributed by atoms with Crippen molar-refractivity contribution in [2.24, 2.45) is 0 Å². The molecule has 0 spiro atoms. The zero-order chi connectivity index (χ0) is 25.6. The smallest absolute Gasteiger partial charge is 0.383 e. The highest BCUT2D eigenvalue weighted by Crippen LogP contribution is 2.33. The molecule has 1 N–H and O–H groups in total. The molecule has 0 fully saturated rings. The number of carbonyl (C=O) groups is 1. The standard InChI is InChI=1S/C24H25Cl2F3N4O2/c1-3-20-31-22-18(12-17(25)13-19(22)26)23(32-20)33(9-10-35-2)8-7-21(34)30-14-15-5-4-6-16(11-15)24(27,28)29/h4-6,11-13H,3,7-10,14H2,1-2H3,(H,30,34). The lowest BCUT2D eigenvalue weighted by molar-refractivity contribution is -0.137. The highest BCUT2D eigenvalue weighted by Gasteiger charge is 2.30. The van der Waals surface area contributed by atoms with Gasteiger partial charge in [0.15, 0.2) is 0 Å². The minimum absolute atomic E-state index is 0.0114. The minimum atomic E-state index is -4.44. The molecule has 2 aromatic carbocycles. The summed E-state index contributed by atoms with van der Waals surface area (Å²) < 4.78 is 44.0. The molecule has 1 heterocycles. The predicted molar refractivity (Wildman–Crippen MR) is 131 cm³/mol. The highest BCUT2D eigenvalue weighted by atomic mass is 35.5. The van der Waals surface area contributed by atoms with Crippen LogP contribution in [0, 0.1) is 0 Å². The number of benzene rings is 2. The number of hydrogen-bond acceptors (Lipinski definition) is 5. The van der Waals surface area contributed by atoms with Crippen LogP contribution in [0.1, 0.15) is 30.3 Å². The largest absolute Gasteiger partial charge is 0.416 e. The van der Waals surface area contributed by atoms with E-state index in [1.54, 1.807) is 19.2 Å². The van der Waals surface area contributed by atoms with Gasteiger partial charge in [0, 0.05) is 50.0 Å². The molecule has 3 rings (SSSR count). The highest BCUT2D eigenvalue weighted by molar-refractivity contribution is 6.38. The van der Waals surface area contributed by atoms with Crippen molar-refractivity contribution >= 4 is 45.8 Å². The molecule has 0 aliphatic rings. The summed E-state index contributed by atoms with van der Waals surface area (Å²) in [5.74, 6) is 0.863. The second kappa shape index (κ2) is 11.9. The van der Waals surface area contributed by atoms with Gasteiger partial charge in [-0.25, -0.2) is 9.97 Å². The number of nitrogens with zero attached hydrogens (tertiary/aromatic N) is 3. The number of hydrogen-bond donors (Lipinski definition) is 1. The summed E-state index contributed by atoms with van der Waals surface area (Å²) in [6.07, 6.45) is -3.77. The number of rotatable bonds is 10. The van der Waals surface area contributed by atoms with Crippen LogP contribution in [0.25, 0.3) is 10.9 Å². The Bertz CT molecular complexity index is 1190. The van der Waals surface area contributed by atoms with Crippen LogP contribution in [0.4, 0.5) is 19.0 Å². The van der Waals surface area contributed by atoms with E-state index < -0.39 is 11.7 Å². The molecule has 3 aromatic rings. The number of anilines is 1. The average molecular weight is 529 g/mol. The first-order chi connectivity index (χ1) is 16.6. The first-order valence-corrected chi connectivity index (χ1v) is 11.7. The normalized spacial score (nSPS) is 11.6. The third-order valence-corrected chi connectivity index (χ3v) is 5.79. The maximum atomic E-state index is 12.9. The van der Waals surface area contributed by atoms with Crippen LogP contribution in [-0.4, -0.2) is 42.7 Å². The summed E-state index contributed by atoms with van der Waals surface area (Å²) >= 11 is 12.6. The maximum absolute atomic E-state index is 12.9. The fourth-order valence-electron chi connectivity index (χ4n) is 3.49. The quantitative estimate of drug-likeness (QED) is 0.366. The second-order valence-electron chi connectivity index (χ2n) is 7.81. The van der Waals surface area contributed by atoms with Crippen LogP contribution in [0.3, 0.4) is 0 Å². The molecule has 11 heteroatoms. The van der Waals surface area contributed by atoms with Crippen LogP contribution in [-0.2, 0) is 28.7 Å². The number of ether oxygens (including phenoxy) is 1.